The van der Waals surface area contributed by atoms with E-state index < -0.39 is 34.6 Å². The standard InChI is InChI=1S/C28H18F2N4O4/c29-19-11-6-16(14-20(19)30)26(35)33-18-9-7-17(8-10-18)32-21-12-13-31-25-23(21)22(15-4-2-1-3-5-15)24(28(37)38)27(36)34-25/h1-14H,(H,33,35)(H,37,38)(H2,31,32,34,36). The Morgan fingerprint density at radius 1 is 0.868 bits per heavy atom. The molecule has 0 spiro atoms. The predicted molar refractivity (Wildman–Crippen MR) is 139 cm³/mol. The predicted octanol–water partition coefficient (Wildman–Crippen LogP) is 5.56. The molecule has 0 aliphatic rings. The van der Waals surface area contributed by atoms with Crippen LogP contribution in [-0.4, -0.2) is 27.0 Å². The van der Waals surface area contributed by atoms with E-state index in [9.17, 15) is 28.3 Å². The molecule has 1 amide bonds. The zero-order valence-corrected chi connectivity index (χ0v) is 19.5. The number of nitrogens with zero attached hydrogens (tertiary/aromatic N) is 1. The average Bonchev–Trinajstić information content (AvgIpc) is 2.91. The van der Waals surface area contributed by atoms with Crippen molar-refractivity contribution in [2.45, 2.75) is 0 Å². The van der Waals surface area contributed by atoms with Crippen molar-refractivity contribution in [3.05, 3.63) is 118 Å². The molecular formula is C28H18F2N4O4. The average molecular weight is 512 g/mol. The minimum absolute atomic E-state index is 0.0361. The lowest BCUT2D eigenvalue weighted by Gasteiger charge is -2.15. The normalized spacial score (nSPS) is 10.8. The van der Waals surface area contributed by atoms with Gasteiger partial charge in [-0.05, 0) is 54.1 Å². The zero-order valence-electron chi connectivity index (χ0n) is 19.5. The first kappa shape index (κ1) is 24.3. The number of rotatable bonds is 6. The number of hydrogen-bond acceptors (Lipinski definition) is 5. The summed E-state index contributed by atoms with van der Waals surface area (Å²) < 4.78 is 26.6. The van der Waals surface area contributed by atoms with Gasteiger partial charge in [-0.2, -0.15) is 0 Å². The molecule has 5 rings (SSSR count). The van der Waals surface area contributed by atoms with E-state index in [0.717, 1.165) is 12.1 Å². The molecule has 8 nitrogen and oxygen atoms in total. The Morgan fingerprint density at radius 3 is 2.26 bits per heavy atom. The van der Waals surface area contributed by atoms with Crippen LogP contribution in [0.2, 0.25) is 0 Å². The van der Waals surface area contributed by atoms with E-state index in [-0.39, 0.29) is 16.8 Å². The van der Waals surface area contributed by atoms with E-state index >= 15 is 0 Å². The summed E-state index contributed by atoms with van der Waals surface area (Å²) in [5, 5.41) is 16.1. The second-order valence-electron chi connectivity index (χ2n) is 8.24. The van der Waals surface area contributed by atoms with Crippen molar-refractivity contribution in [3.8, 4) is 11.1 Å². The van der Waals surface area contributed by atoms with Gasteiger partial charge in [-0.25, -0.2) is 18.6 Å². The highest BCUT2D eigenvalue weighted by molar-refractivity contribution is 6.10. The van der Waals surface area contributed by atoms with Crippen molar-refractivity contribution in [2.24, 2.45) is 0 Å². The summed E-state index contributed by atoms with van der Waals surface area (Å²) in [5.41, 5.74) is 1.24. The third-order valence-electron chi connectivity index (χ3n) is 5.79. The zero-order chi connectivity index (χ0) is 26.8. The minimum Gasteiger partial charge on any atom is -0.477 e. The van der Waals surface area contributed by atoms with Crippen LogP contribution in [0.15, 0.2) is 89.9 Å². The van der Waals surface area contributed by atoms with Gasteiger partial charge >= 0.3 is 5.97 Å². The molecule has 0 fully saturated rings. The first-order valence-corrected chi connectivity index (χ1v) is 11.3. The van der Waals surface area contributed by atoms with Crippen LogP contribution in [0.1, 0.15) is 20.7 Å². The van der Waals surface area contributed by atoms with Gasteiger partial charge in [0.1, 0.15) is 11.2 Å². The number of hydrogen-bond donors (Lipinski definition) is 4. The smallest absolute Gasteiger partial charge is 0.342 e. The Kier molecular flexibility index (Phi) is 6.36. The van der Waals surface area contributed by atoms with Crippen LogP contribution in [-0.2, 0) is 0 Å². The lowest BCUT2D eigenvalue weighted by Crippen LogP contribution is -2.20. The summed E-state index contributed by atoms with van der Waals surface area (Å²) in [6.45, 7) is 0. The Balaban J connectivity index is 1.50. The number of aromatic amines is 1. The van der Waals surface area contributed by atoms with Crippen LogP contribution < -0.4 is 16.2 Å². The van der Waals surface area contributed by atoms with Gasteiger partial charge in [0, 0.05) is 34.1 Å². The van der Waals surface area contributed by atoms with Crippen LogP contribution >= 0.6 is 0 Å². The van der Waals surface area contributed by atoms with Crippen molar-refractivity contribution in [3.63, 3.8) is 0 Å². The highest BCUT2D eigenvalue weighted by Gasteiger charge is 2.22. The number of carboxylic acid groups (broad SMARTS) is 1. The summed E-state index contributed by atoms with van der Waals surface area (Å²) in [6, 6.07) is 19.7. The van der Waals surface area contributed by atoms with Crippen molar-refractivity contribution < 1.29 is 23.5 Å². The fourth-order valence-electron chi connectivity index (χ4n) is 4.05. The summed E-state index contributed by atoms with van der Waals surface area (Å²) >= 11 is 0. The second-order valence-corrected chi connectivity index (χ2v) is 8.24. The van der Waals surface area contributed by atoms with Gasteiger partial charge < -0.3 is 20.7 Å². The molecule has 0 bridgehead atoms. The number of benzene rings is 3. The molecule has 10 heteroatoms. The molecular weight excluding hydrogens is 494 g/mol. The second kappa shape index (κ2) is 9.94. The van der Waals surface area contributed by atoms with Crippen LogP contribution in [0.4, 0.5) is 25.8 Å². The number of nitrogens with one attached hydrogen (secondary N) is 3. The van der Waals surface area contributed by atoms with E-state index in [1.165, 1.54) is 12.3 Å². The van der Waals surface area contributed by atoms with Gasteiger partial charge in [0.2, 0.25) is 0 Å². The fraction of sp³-hybridized carbons (Fsp3) is 0. The van der Waals surface area contributed by atoms with Gasteiger partial charge in [0.05, 0.1) is 5.69 Å². The molecule has 2 aromatic heterocycles. The van der Waals surface area contributed by atoms with Gasteiger partial charge in [-0.3, -0.25) is 9.59 Å². The Hall–Kier alpha value is -5.38. The highest BCUT2D eigenvalue weighted by atomic mass is 19.2. The quantitative estimate of drug-likeness (QED) is 0.236. The number of carbonyl (C=O) groups excluding carboxylic acids is 1. The first-order valence-electron chi connectivity index (χ1n) is 11.3. The first-order chi connectivity index (χ1) is 18.3. The number of aromatic carboxylic acids is 1. The maximum absolute atomic E-state index is 13.5. The molecule has 0 atom stereocenters. The number of amides is 1. The topological polar surface area (TPSA) is 124 Å². The molecule has 4 N–H and O–H groups in total. The summed E-state index contributed by atoms with van der Waals surface area (Å²) in [5.74, 6) is -4.15. The molecule has 3 aromatic carbocycles. The number of halogens is 2. The number of carbonyl (C=O) groups is 2. The molecule has 5 aromatic rings. The van der Waals surface area contributed by atoms with Gasteiger partial charge in [0.25, 0.3) is 11.5 Å². The monoisotopic (exact) mass is 512 g/mol. The third kappa shape index (κ3) is 4.70. The SMILES string of the molecule is O=C(Nc1ccc(Nc2ccnc3[nH]c(=O)c(C(=O)O)c(-c4ccccc4)c23)cc1)c1ccc(F)c(F)c1. The molecule has 0 radical (unpaired) electrons. The van der Waals surface area contributed by atoms with E-state index in [1.807, 2.05) is 0 Å². The van der Waals surface area contributed by atoms with E-state index in [0.29, 0.717) is 28.0 Å². The van der Waals surface area contributed by atoms with Crippen LogP contribution in [0.25, 0.3) is 22.2 Å². The van der Waals surface area contributed by atoms with Crippen molar-refractivity contribution >= 4 is 40.0 Å². The van der Waals surface area contributed by atoms with E-state index in [4.69, 9.17) is 0 Å². The molecule has 0 saturated carbocycles. The number of H-pyrrole nitrogens is 1. The number of anilines is 3. The summed E-state index contributed by atoms with van der Waals surface area (Å²) in [4.78, 5) is 43.9. The third-order valence-corrected chi connectivity index (χ3v) is 5.79. The lowest BCUT2D eigenvalue weighted by atomic mass is 9.96. The highest BCUT2D eigenvalue weighted by Crippen LogP contribution is 2.35. The molecule has 2 heterocycles. The van der Waals surface area contributed by atoms with E-state index in [2.05, 4.69) is 20.6 Å². The van der Waals surface area contributed by atoms with Crippen molar-refractivity contribution in [2.75, 3.05) is 10.6 Å². The van der Waals surface area contributed by atoms with Crippen LogP contribution in [0.3, 0.4) is 0 Å². The fourth-order valence-corrected chi connectivity index (χ4v) is 4.05. The maximum Gasteiger partial charge on any atom is 0.342 e. The lowest BCUT2D eigenvalue weighted by molar-refractivity contribution is 0.0695. The molecule has 0 saturated heterocycles. The van der Waals surface area contributed by atoms with E-state index in [1.54, 1.807) is 60.7 Å². The van der Waals surface area contributed by atoms with Gasteiger partial charge in [-0.1, -0.05) is 30.3 Å². The van der Waals surface area contributed by atoms with Gasteiger partial charge in [-0.15, -0.1) is 0 Å². The Bertz CT molecular complexity index is 1750. The Morgan fingerprint density at radius 2 is 1.58 bits per heavy atom. The van der Waals surface area contributed by atoms with Crippen molar-refractivity contribution in [1.29, 1.82) is 0 Å². The Labute approximate surface area is 213 Å². The molecule has 0 unspecified atom stereocenters. The molecule has 38 heavy (non-hydrogen) atoms. The summed E-state index contributed by atoms with van der Waals surface area (Å²) in [6.07, 6.45) is 1.48. The van der Waals surface area contributed by atoms with Crippen LogP contribution in [0, 0.1) is 11.6 Å². The summed E-state index contributed by atoms with van der Waals surface area (Å²) in [7, 11) is 0. The maximum atomic E-state index is 13.5. The largest absolute Gasteiger partial charge is 0.477 e. The van der Waals surface area contributed by atoms with Crippen LogP contribution in [0.5, 0.6) is 0 Å². The minimum atomic E-state index is -1.37. The van der Waals surface area contributed by atoms with Crippen molar-refractivity contribution in [1.82, 2.24) is 9.97 Å². The molecule has 0 aliphatic carbocycles. The number of pyridine rings is 2. The number of aromatic nitrogens is 2. The molecule has 188 valence electrons. The number of carboxylic acids is 1. The van der Waals surface area contributed by atoms with Gasteiger partial charge in [0.15, 0.2) is 11.6 Å². The molecule has 0 aliphatic heterocycles. The number of fused-ring (bicyclic) bond motifs is 1.